The van der Waals surface area contributed by atoms with E-state index in [9.17, 15) is 0 Å². The molecule has 0 atom stereocenters. The molecule has 0 spiro atoms. The number of nitrogens with one attached hydrogen (secondary N) is 1. The molecule has 0 radical (unpaired) electrons. The van der Waals surface area contributed by atoms with E-state index in [1.54, 1.807) is 22.7 Å². The van der Waals surface area contributed by atoms with Crippen LogP contribution in [0.5, 0.6) is 0 Å². The lowest BCUT2D eigenvalue weighted by atomic mass is 10.2. The predicted octanol–water partition coefficient (Wildman–Crippen LogP) is 3.35. The molecular weight excluding hydrogens is 252 g/mol. The van der Waals surface area contributed by atoms with Gasteiger partial charge < -0.3 is 5.32 Å². The van der Waals surface area contributed by atoms with Gasteiger partial charge in [0, 0.05) is 6.54 Å². The zero-order valence-corrected chi connectivity index (χ0v) is 11.9. The van der Waals surface area contributed by atoms with Gasteiger partial charge in [-0.1, -0.05) is 24.7 Å². The maximum atomic E-state index is 4.57. The van der Waals surface area contributed by atoms with Crippen LogP contribution in [0, 0.1) is 6.92 Å². The molecule has 92 valence electrons. The molecular formula is C11H16N4S2. The maximum absolute atomic E-state index is 4.57. The van der Waals surface area contributed by atoms with E-state index in [4.69, 9.17) is 0 Å². The number of nitrogens with zero attached hydrogens (tertiary/aromatic N) is 3. The van der Waals surface area contributed by atoms with Crippen LogP contribution in [-0.4, -0.2) is 21.7 Å². The van der Waals surface area contributed by atoms with Crippen molar-refractivity contribution in [2.45, 2.75) is 33.6 Å². The van der Waals surface area contributed by atoms with E-state index in [-0.39, 0.29) is 0 Å². The average molecular weight is 268 g/mol. The molecule has 0 saturated carbocycles. The number of hydrogen-bond donors (Lipinski definition) is 1. The molecule has 4 nitrogen and oxygen atoms in total. The summed E-state index contributed by atoms with van der Waals surface area (Å²) in [5.74, 6) is 0. The largest absolute Gasteiger partial charge is 0.360 e. The third-order valence-electron chi connectivity index (χ3n) is 2.24. The van der Waals surface area contributed by atoms with Gasteiger partial charge in [-0.25, -0.2) is 4.98 Å². The lowest BCUT2D eigenvalue weighted by molar-refractivity contribution is 0.888. The molecule has 0 aliphatic carbocycles. The summed E-state index contributed by atoms with van der Waals surface area (Å²) in [6, 6.07) is 0. The highest BCUT2D eigenvalue weighted by Crippen LogP contribution is 2.34. The van der Waals surface area contributed by atoms with Gasteiger partial charge >= 0.3 is 0 Å². The summed E-state index contributed by atoms with van der Waals surface area (Å²) in [5.41, 5.74) is 1.16. The van der Waals surface area contributed by atoms with Gasteiger partial charge in [0.2, 0.25) is 5.13 Å². The number of hydrogen-bond acceptors (Lipinski definition) is 6. The van der Waals surface area contributed by atoms with Crippen LogP contribution in [0.3, 0.4) is 0 Å². The van der Waals surface area contributed by atoms with Gasteiger partial charge in [0.05, 0.1) is 15.6 Å². The van der Waals surface area contributed by atoms with Gasteiger partial charge in [-0.2, -0.15) is 0 Å². The van der Waals surface area contributed by atoms with E-state index < -0.39 is 0 Å². The number of aryl methyl sites for hydroxylation is 2. The van der Waals surface area contributed by atoms with Crippen molar-refractivity contribution in [2.24, 2.45) is 0 Å². The lowest BCUT2D eigenvalue weighted by Crippen LogP contribution is -1.94. The molecule has 0 aliphatic heterocycles. The molecule has 0 bridgehead atoms. The van der Waals surface area contributed by atoms with Crippen molar-refractivity contribution in [3.63, 3.8) is 0 Å². The number of aromatic nitrogens is 3. The Balaban J connectivity index is 2.30. The molecule has 0 unspecified atom stereocenters. The topological polar surface area (TPSA) is 50.7 Å². The number of anilines is 1. The van der Waals surface area contributed by atoms with Crippen LogP contribution in [0.2, 0.25) is 0 Å². The summed E-state index contributed by atoms with van der Waals surface area (Å²) >= 11 is 3.31. The second-order valence-electron chi connectivity index (χ2n) is 3.70. The normalized spacial score (nSPS) is 10.8. The Hall–Kier alpha value is -1.01. The SMILES string of the molecule is CCCc1nc(C)sc1-c1nnc(NCC)s1. The maximum Gasteiger partial charge on any atom is 0.206 e. The summed E-state index contributed by atoms with van der Waals surface area (Å²) in [4.78, 5) is 5.76. The summed E-state index contributed by atoms with van der Waals surface area (Å²) in [5, 5.41) is 14.5. The second kappa shape index (κ2) is 5.55. The molecule has 2 aromatic heterocycles. The van der Waals surface area contributed by atoms with Crippen molar-refractivity contribution >= 4 is 27.8 Å². The van der Waals surface area contributed by atoms with Crippen molar-refractivity contribution < 1.29 is 0 Å². The Labute approximate surface area is 109 Å². The van der Waals surface area contributed by atoms with E-state index in [0.29, 0.717) is 0 Å². The van der Waals surface area contributed by atoms with Crippen LogP contribution < -0.4 is 5.32 Å². The molecule has 0 aromatic carbocycles. The fourth-order valence-electron chi connectivity index (χ4n) is 1.58. The van der Waals surface area contributed by atoms with Crippen LogP contribution in [0.25, 0.3) is 9.88 Å². The summed E-state index contributed by atoms with van der Waals surface area (Å²) < 4.78 is 0. The molecule has 2 aromatic rings. The first-order valence-electron chi connectivity index (χ1n) is 5.78. The molecule has 17 heavy (non-hydrogen) atoms. The van der Waals surface area contributed by atoms with E-state index in [2.05, 4.69) is 34.3 Å². The Bertz CT molecular complexity index is 489. The quantitative estimate of drug-likeness (QED) is 0.903. The zero-order chi connectivity index (χ0) is 12.3. The fourth-order valence-corrected chi connectivity index (χ4v) is 3.45. The molecule has 2 heterocycles. The number of rotatable bonds is 5. The Morgan fingerprint density at radius 3 is 2.71 bits per heavy atom. The van der Waals surface area contributed by atoms with E-state index >= 15 is 0 Å². The van der Waals surface area contributed by atoms with E-state index in [1.807, 2.05) is 6.92 Å². The van der Waals surface area contributed by atoms with Crippen molar-refractivity contribution in [1.29, 1.82) is 0 Å². The van der Waals surface area contributed by atoms with Gasteiger partial charge in [0.25, 0.3) is 0 Å². The monoisotopic (exact) mass is 268 g/mol. The van der Waals surface area contributed by atoms with Gasteiger partial charge in [-0.15, -0.1) is 21.5 Å². The van der Waals surface area contributed by atoms with Gasteiger partial charge in [-0.05, 0) is 20.3 Å². The van der Waals surface area contributed by atoms with Crippen LogP contribution >= 0.6 is 22.7 Å². The minimum Gasteiger partial charge on any atom is -0.360 e. The standard InChI is InChI=1S/C11H16N4S2/c1-4-6-8-9(16-7(3)13-8)10-14-15-11(17-10)12-5-2/h4-6H2,1-3H3,(H,12,15). The zero-order valence-electron chi connectivity index (χ0n) is 10.3. The summed E-state index contributed by atoms with van der Waals surface area (Å²) in [6.45, 7) is 7.14. The molecule has 0 fully saturated rings. The fraction of sp³-hybridized carbons (Fsp3) is 0.545. The van der Waals surface area contributed by atoms with Crippen LogP contribution in [0.15, 0.2) is 0 Å². The Kier molecular flexibility index (Phi) is 4.06. The second-order valence-corrected chi connectivity index (χ2v) is 5.88. The van der Waals surface area contributed by atoms with Crippen LogP contribution in [0.1, 0.15) is 31.0 Å². The summed E-state index contributed by atoms with van der Waals surface area (Å²) in [6.07, 6.45) is 2.12. The third kappa shape index (κ3) is 2.81. The Morgan fingerprint density at radius 2 is 2.00 bits per heavy atom. The molecule has 1 N–H and O–H groups in total. The van der Waals surface area contributed by atoms with Crippen molar-refractivity contribution in [1.82, 2.24) is 15.2 Å². The highest BCUT2D eigenvalue weighted by atomic mass is 32.1. The third-order valence-corrected chi connectivity index (χ3v) is 4.29. The van der Waals surface area contributed by atoms with E-state index in [1.165, 1.54) is 4.88 Å². The molecule has 2 rings (SSSR count). The smallest absolute Gasteiger partial charge is 0.206 e. The summed E-state index contributed by atoms with van der Waals surface area (Å²) in [7, 11) is 0. The minimum atomic E-state index is 0.873. The van der Waals surface area contributed by atoms with Gasteiger partial charge in [0.1, 0.15) is 0 Å². The first kappa shape index (κ1) is 12.4. The first-order chi connectivity index (χ1) is 8.24. The molecule has 6 heteroatoms. The Morgan fingerprint density at radius 1 is 1.18 bits per heavy atom. The molecule has 0 aliphatic rings. The van der Waals surface area contributed by atoms with Crippen LogP contribution in [0.4, 0.5) is 5.13 Å². The highest BCUT2D eigenvalue weighted by molar-refractivity contribution is 7.23. The van der Waals surface area contributed by atoms with E-state index in [0.717, 1.165) is 40.2 Å². The highest BCUT2D eigenvalue weighted by Gasteiger charge is 2.14. The van der Waals surface area contributed by atoms with Crippen molar-refractivity contribution in [2.75, 3.05) is 11.9 Å². The minimum absolute atomic E-state index is 0.873. The van der Waals surface area contributed by atoms with Crippen molar-refractivity contribution in [3.05, 3.63) is 10.7 Å². The predicted molar refractivity (Wildman–Crippen MR) is 73.9 cm³/mol. The van der Waals surface area contributed by atoms with Crippen molar-refractivity contribution in [3.8, 4) is 9.88 Å². The van der Waals surface area contributed by atoms with Gasteiger partial charge in [0.15, 0.2) is 5.01 Å². The molecule has 0 saturated heterocycles. The van der Waals surface area contributed by atoms with Gasteiger partial charge in [-0.3, -0.25) is 0 Å². The number of thiazole rings is 1. The van der Waals surface area contributed by atoms with Crippen LogP contribution in [-0.2, 0) is 6.42 Å². The first-order valence-corrected chi connectivity index (χ1v) is 7.42. The lowest BCUT2D eigenvalue weighted by Gasteiger charge is -1.95. The molecule has 0 amide bonds. The average Bonchev–Trinajstić information content (AvgIpc) is 2.87.